The number of carbonyl (C=O) groups excluding carboxylic acids is 3. The molecular weight excluding hydrogens is 384 g/mol. The average molecular weight is 406 g/mol. The van der Waals surface area contributed by atoms with E-state index in [4.69, 9.17) is 4.74 Å². The summed E-state index contributed by atoms with van der Waals surface area (Å²) < 4.78 is 30.0. The summed E-state index contributed by atoms with van der Waals surface area (Å²) in [7, 11) is -3.42. The summed E-state index contributed by atoms with van der Waals surface area (Å²) in [5.41, 5.74) is 2.19. The number of anilines is 1. The highest BCUT2D eigenvalue weighted by Crippen LogP contribution is 2.20. The van der Waals surface area contributed by atoms with Crippen molar-refractivity contribution in [3.8, 4) is 0 Å². The van der Waals surface area contributed by atoms with Crippen LogP contribution in [0.15, 0.2) is 24.3 Å². The lowest BCUT2D eigenvalue weighted by Crippen LogP contribution is -2.25. The van der Waals surface area contributed by atoms with Crippen LogP contribution in [0.1, 0.15) is 56.3 Å². The number of aryl methyl sites for hydroxylation is 1. The third-order valence-corrected chi connectivity index (χ3v) is 4.73. The highest BCUT2D eigenvalue weighted by molar-refractivity contribution is 7.92. The maximum Gasteiger partial charge on any atom is 0.355 e. The van der Waals surface area contributed by atoms with Crippen molar-refractivity contribution in [3.63, 3.8) is 0 Å². The summed E-state index contributed by atoms with van der Waals surface area (Å²) in [6.45, 7) is 6.17. The van der Waals surface area contributed by atoms with Gasteiger partial charge in [-0.25, -0.2) is 13.2 Å². The zero-order valence-electron chi connectivity index (χ0n) is 16.2. The second-order valence-electron chi connectivity index (χ2n) is 6.54. The van der Waals surface area contributed by atoms with Crippen molar-refractivity contribution in [1.82, 2.24) is 4.98 Å². The van der Waals surface area contributed by atoms with Crippen LogP contribution in [0.3, 0.4) is 0 Å². The number of sulfonamides is 1. The molecule has 2 rings (SSSR count). The molecule has 1 aromatic heterocycles. The van der Waals surface area contributed by atoms with Gasteiger partial charge in [-0.05, 0) is 57.5 Å². The van der Waals surface area contributed by atoms with E-state index in [-0.39, 0.29) is 17.0 Å². The molecule has 0 saturated carbocycles. The molecule has 1 heterocycles. The zero-order chi connectivity index (χ0) is 21.2. The monoisotopic (exact) mass is 406 g/mol. The molecule has 1 aromatic carbocycles. The molecule has 2 aromatic rings. The molecule has 0 aliphatic heterocycles. The van der Waals surface area contributed by atoms with E-state index in [1.807, 2.05) is 0 Å². The Kier molecular flexibility index (Phi) is 6.08. The average Bonchev–Trinajstić information content (AvgIpc) is 2.88. The number of aromatic amines is 1. The van der Waals surface area contributed by atoms with Crippen molar-refractivity contribution in [2.24, 2.45) is 0 Å². The van der Waals surface area contributed by atoms with E-state index in [0.29, 0.717) is 22.5 Å². The molecule has 0 radical (unpaired) electrons. The van der Waals surface area contributed by atoms with Gasteiger partial charge < -0.3 is 9.72 Å². The zero-order valence-corrected chi connectivity index (χ0v) is 17.1. The predicted octanol–water partition coefficient (Wildman–Crippen LogP) is 2.63. The Morgan fingerprint density at radius 3 is 2.14 bits per heavy atom. The van der Waals surface area contributed by atoms with Crippen molar-refractivity contribution in [2.45, 2.75) is 33.8 Å². The number of hydrogen-bond acceptors (Lipinski definition) is 6. The van der Waals surface area contributed by atoms with E-state index in [1.165, 1.54) is 38.1 Å². The second kappa shape index (κ2) is 7.97. The number of Topliss-reactive ketones (excluding diaryl/α,β-unsaturated/α-hetero) is 2. The highest BCUT2D eigenvalue weighted by Gasteiger charge is 2.25. The van der Waals surface area contributed by atoms with Gasteiger partial charge in [0.05, 0.1) is 6.26 Å². The van der Waals surface area contributed by atoms with Gasteiger partial charge in [0.2, 0.25) is 15.8 Å². The number of esters is 1. The van der Waals surface area contributed by atoms with Gasteiger partial charge in [-0.2, -0.15) is 0 Å². The van der Waals surface area contributed by atoms with Crippen LogP contribution in [-0.2, 0) is 14.8 Å². The fraction of sp³-hybridized carbons (Fsp3) is 0.316. The number of aromatic nitrogens is 1. The summed E-state index contributed by atoms with van der Waals surface area (Å²) in [6, 6.07) is 5.77. The molecule has 0 spiro atoms. The van der Waals surface area contributed by atoms with Gasteiger partial charge in [0.1, 0.15) is 5.69 Å². The largest absolute Gasteiger partial charge is 0.450 e. The summed E-state index contributed by atoms with van der Waals surface area (Å²) in [5.74, 6) is -1.34. The van der Waals surface area contributed by atoms with Crippen LogP contribution in [0, 0.1) is 13.8 Å². The van der Waals surface area contributed by atoms with E-state index >= 15 is 0 Å². The van der Waals surface area contributed by atoms with E-state index in [1.54, 1.807) is 13.8 Å². The minimum Gasteiger partial charge on any atom is -0.450 e. The van der Waals surface area contributed by atoms with Crippen molar-refractivity contribution in [2.75, 3.05) is 11.0 Å². The van der Waals surface area contributed by atoms with Crippen LogP contribution < -0.4 is 4.72 Å². The highest BCUT2D eigenvalue weighted by atomic mass is 32.2. The van der Waals surface area contributed by atoms with Crippen LogP contribution in [-0.4, -0.2) is 43.3 Å². The number of benzene rings is 1. The number of rotatable bonds is 7. The molecule has 8 nitrogen and oxygen atoms in total. The first kappa shape index (κ1) is 21.4. The molecule has 150 valence electrons. The van der Waals surface area contributed by atoms with Crippen molar-refractivity contribution >= 4 is 33.2 Å². The first-order valence-corrected chi connectivity index (χ1v) is 10.3. The molecule has 0 fully saturated rings. The minimum atomic E-state index is -3.42. The van der Waals surface area contributed by atoms with Gasteiger partial charge >= 0.3 is 5.97 Å². The molecular formula is C19H22N2O6S. The summed E-state index contributed by atoms with van der Waals surface area (Å²) in [5, 5.41) is 0. The Labute approximate surface area is 163 Å². The van der Waals surface area contributed by atoms with E-state index in [0.717, 1.165) is 6.26 Å². The van der Waals surface area contributed by atoms with E-state index < -0.39 is 27.9 Å². The number of ketones is 2. The maximum atomic E-state index is 12.5. The lowest BCUT2D eigenvalue weighted by molar-refractivity contribution is 0.0313. The second-order valence-corrected chi connectivity index (χ2v) is 8.29. The number of H-pyrrole nitrogens is 1. The molecule has 1 atom stereocenters. The van der Waals surface area contributed by atoms with Gasteiger partial charge in [-0.1, -0.05) is 0 Å². The van der Waals surface area contributed by atoms with E-state index in [9.17, 15) is 22.8 Å². The molecule has 0 bridgehead atoms. The Morgan fingerprint density at radius 2 is 1.68 bits per heavy atom. The Morgan fingerprint density at radius 1 is 1.11 bits per heavy atom. The first-order valence-electron chi connectivity index (χ1n) is 8.44. The number of carbonyl (C=O) groups is 3. The van der Waals surface area contributed by atoms with Crippen LogP contribution in [0.5, 0.6) is 0 Å². The first-order chi connectivity index (χ1) is 12.9. The fourth-order valence-electron chi connectivity index (χ4n) is 2.91. The van der Waals surface area contributed by atoms with E-state index in [2.05, 4.69) is 9.71 Å². The minimum absolute atomic E-state index is 0.134. The standard InChI is InChI=1S/C19H22N2O6S/c1-10-16(12(3)22)11(2)20-17(10)19(24)27-13(4)18(23)14-6-8-15(9-7-14)21-28(5,25)26/h6-9,13,20-21H,1-5H3. The smallest absolute Gasteiger partial charge is 0.355 e. The summed E-state index contributed by atoms with van der Waals surface area (Å²) in [6.07, 6.45) is -0.0416. The Balaban J connectivity index is 2.13. The quantitative estimate of drug-likeness (QED) is 0.538. The third kappa shape index (κ3) is 4.86. The normalized spacial score (nSPS) is 12.3. The van der Waals surface area contributed by atoms with Gasteiger partial charge in [0.15, 0.2) is 11.9 Å². The topological polar surface area (TPSA) is 122 Å². The molecule has 9 heteroatoms. The number of ether oxygens (including phenoxy) is 1. The van der Waals surface area contributed by atoms with Gasteiger partial charge in [0, 0.05) is 22.5 Å². The van der Waals surface area contributed by atoms with Crippen molar-refractivity contribution in [3.05, 3.63) is 52.3 Å². The summed E-state index contributed by atoms with van der Waals surface area (Å²) >= 11 is 0. The number of hydrogen-bond donors (Lipinski definition) is 2. The lowest BCUT2D eigenvalue weighted by atomic mass is 10.1. The van der Waals surface area contributed by atoms with Crippen LogP contribution in [0.4, 0.5) is 5.69 Å². The third-order valence-electron chi connectivity index (χ3n) is 4.12. The Hall–Kier alpha value is -2.94. The molecule has 0 amide bonds. The fourth-order valence-corrected chi connectivity index (χ4v) is 3.47. The van der Waals surface area contributed by atoms with Gasteiger partial charge in [0.25, 0.3) is 0 Å². The maximum absolute atomic E-state index is 12.5. The SMILES string of the molecule is CC(=O)c1c(C)[nH]c(C(=O)OC(C)C(=O)c2ccc(NS(C)(=O)=O)cc2)c1C. The van der Waals surface area contributed by atoms with Crippen LogP contribution >= 0.6 is 0 Å². The van der Waals surface area contributed by atoms with Crippen molar-refractivity contribution in [1.29, 1.82) is 0 Å². The van der Waals surface area contributed by atoms with Gasteiger partial charge in [-0.15, -0.1) is 0 Å². The molecule has 28 heavy (non-hydrogen) atoms. The summed E-state index contributed by atoms with van der Waals surface area (Å²) in [4.78, 5) is 39.4. The Bertz CT molecular complexity index is 1040. The molecule has 0 aliphatic rings. The predicted molar refractivity (Wildman–Crippen MR) is 104 cm³/mol. The van der Waals surface area contributed by atoms with Crippen molar-refractivity contribution < 1.29 is 27.5 Å². The molecule has 0 aliphatic carbocycles. The molecule has 0 saturated heterocycles. The van der Waals surface area contributed by atoms with Crippen LogP contribution in [0.25, 0.3) is 0 Å². The molecule has 1 unspecified atom stereocenters. The lowest BCUT2D eigenvalue weighted by Gasteiger charge is -2.13. The van der Waals surface area contributed by atoms with Crippen LogP contribution in [0.2, 0.25) is 0 Å². The molecule has 2 N–H and O–H groups in total. The number of nitrogens with one attached hydrogen (secondary N) is 2. The van der Waals surface area contributed by atoms with Gasteiger partial charge in [-0.3, -0.25) is 14.3 Å².